The van der Waals surface area contributed by atoms with Crippen molar-refractivity contribution in [2.45, 2.75) is 6.92 Å². The fourth-order valence-corrected chi connectivity index (χ4v) is 2.06. The Morgan fingerprint density at radius 3 is 2.75 bits per heavy atom. The highest BCUT2D eigenvalue weighted by Gasteiger charge is 2.13. The quantitative estimate of drug-likeness (QED) is 0.899. The van der Waals surface area contributed by atoms with Gasteiger partial charge in [-0.05, 0) is 30.7 Å². The molecular formula is C14H13BrFN3O. The zero-order chi connectivity index (χ0) is 14.7. The third-order valence-corrected chi connectivity index (χ3v) is 3.62. The molecule has 1 aromatic carbocycles. The van der Waals surface area contributed by atoms with Gasteiger partial charge in [-0.15, -0.1) is 0 Å². The van der Waals surface area contributed by atoms with E-state index in [1.165, 1.54) is 0 Å². The van der Waals surface area contributed by atoms with E-state index in [4.69, 9.17) is 0 Å². The summed E-state index contributed by atoms with van der Waals surface area (Å²) in [5.74, 6) is -0.647. The summed E-state index contributed by atoms with van der Waals surface area (Å²) < 4.78 is 14.1. The maximum absolute atomic E-state index is 13.2. The van der Waals surface area contributed by atoms with E-state index in [0.29, 0.717) is 11.5 Å². The normalized spacial score (nSPS) is 10.2. The van der Waals surface area contributed by atoms with Gasteiger partial charge in [0.15, 0.2) is 0 Å². The number of nitrogens with zero attached hydrogens (tertiary/aromatic N) is 1. The van der Waals surface area contributed by atoms with E-state index in [0.717, 1.165) is 22.3 Å². The van der Waals surface area contributed by atoms with E-state index in [1.807, 2.05) is 13.0 Å². The molecule has 2 aromatic rings. The lowest BCUT2D eigenvalue weighted by atomic mass is 10.2. The first-order valence-electron chi connectivity index (χ1n) is 5.92. The van der Waals surface area contributed by atoms with E-state index in [1.54, 1.807) is 19.2 Å². The van der Waals surface area contributed by atoms with Crippen LogP contribution >= 0.6 is 15.9 Å². The summed E-state index contributed by atoms with van der Waals surface area (Å²) in [6, 6.07) is 6.60. The van der Waals surface area contributed by atoms with E-state index < -0.39 is 11.7 Å². The number of halogens is 2. The van der Waals surface area contributed by atoms with Gasteiger partial charge in [-0.25, -0.2) is 9.37 Å². The number of hydrogen-bond donors (Lipinski definition) is 2. The van der Waals surface area contributed by atoms with Gasteiger partial charge in [0.25, 0.3) is 5.91 Å². The lowest BCUT2D eigenvalue weighted by Crippen LogP contribution is -2.15. The second-order valence-corrected chi connectivity index (χ2v) is 5.07. The molecule has 0 radical (unpaired) electrons. The van der Waals surface area contributed by atoms with Crippen molar-refractivity contribution >= 4 is 33.3 Å². The first-order valence-corrected chi connectivity index (χ1v) is 6.71. The number of carbonyl (C=O) groups excluding carboxylic acids is 1. The smallest absolute Gasteiger partial charge is 0.259 e. The lowest BCUT2D eigenvalue weighted by Gasteiger charge is -2.10. The van der Waals surface area contributed by atoms with E-state index >= 15 is 0 Å². The Bertz CT molecular complexity index is 661. The molecule has 0 aliphatic heterocycles. The molecule has 104 valence electrons. The predicted molar refractivity (Wildman–Crippen MR) is 80.6 cm³/mol. The van der Waals surface area contributed by atoms with Gasteiger partial charge in [0, 0.05) is 17.2 Å². The molecule has 1 amide bonds. The molecule has 2 N–H and O–H groups in total. The summed E-state index contributed by atoms with van der Waals surface area (Å²) in [4.78, 5) is 16.0. The molecule has 4 nitrogen and oxygen atoms in total. The van der Waals surface area contributed by atoms with Crippen LogP contribution < -0.4 is 10.6 Å². The Morgan fingerprint density at radius 1 is 1.35 bits per heavy atom. The maximum Gasteiger partial charge on any atom is 0.259 e. The van der Waals surface area contributed by atoms with Gasteiger partial charge in [-0.2, -0.15) is 0 Å². The van der Waals surface area contributed by atoms with E-state index in [9.17, 15) is 9.18 Å². The number of anilines is 2. The fourth-order valence-electron chi connectivity index (χ4n) is 1.68. The van der Waals surface area contributed by atoms with Crippen LogP contribution in [0.2, 0.25) is 0 Å². The summed E-state index contributed by atoms with van der Waals surface area (Å²) in [6.45, 7) is 1.95. The van der Waals surface area contributed by atoms with Crippen LogP contribution in [-0.2, 0) is 0 Å². The van der Waals surface area contributed by atoms with Crippen molar-refractivity contribution in [1.29, 1.82) is 0 Å². The minimum Gasteiger partial charge on any atom is -0.372 e. The van der Waals surface area contributed by atoms with Crippen molar-refractivity contribution in [1.82, 2.24) is 4.98 Å². The predicted octanol–water partition coefficient (Wildman–Crippen LogP) is 3.59. The SMILES string of the molecule is CNc1ncc(F)cc1C(=O)Nc1ccc(C)c(Br)c1. The van der Waals surface area contributed by atoms with Crippen molar-refractivity contribution in [3.63, 3.8) is 0 Å². The number of aromatic nitrogens is 1. The van der Waals surface area contributed by atoms with Gasteiger partial charge in [-0.1, -0.05) is 22.0 Å². The summed E-state index contributed by atoms with van der Waals surface area (Å²) in [6.07, 6.45) is 1.06. The maximum atomic E-state index is 13.2. The van der Waals surface area contributed by atoms with Gasteiger partial charge in [-0.3, -0.25) is 4.79 Å². The molecule has 0 saturated carbocycles. The van der Waals surface area contributed by atoms with Crippen LogP contribution in [0.25, 0.3) is 0 Å². The molecule has 0 fully saturated rings. The van der Waals surface area contributed by atoms with Gasteiger partial charge in [0.05, 0.1) is 11.8 Å². The first kappa shape index (κ1) is 14.5. The molecule has 1 aromatic heterocycles. The summed E-state index contributed by atoms with van der Waals surface area (Å²) in [7, 11) is 1.62. The van der Waals surface area contributed by atoms with Crippen LogP contribution in [0.3, 0.4) is 0 Å². The van der Waals surface area contributed by atoms with Crippen LogP contribution in [0.15, 0.2) is 34.9 Å². The van der Waals surface area contributed by atoms with Crippen molar-refractivity contribution in [3.05, 3.63) is 51.9 Å². The number of carbonyl (C=O) groups is 1. The van der Waals surface area contributed by atoms with Crippen molar-refractivity contribution in [2.24, 2.45) is 0 Å². The third-order valence-electron chi connectivity index (χ3n) is 2.77. The number of amides is 1. The molecule has 0 bridgehead atoms. The average Bonchev–Trinajstić information content (AvgIpc) is 2.43. The van der Waals surface area contributed by atoms with Crippen LogP contribution in [-0.4, -0.2) is 17.9 Å². The first-order chi connectivity index (χ1) is 9.51. The van der Waals surface area contributed by atoms with Gasteiger partial charge in [0.1, 0.15) is 11.6 Å². The number of rotatable bonds is 3. The zero-order valence-corrected chi connectivity index (χ0v) is 12.6. The molecule has 0 unspecified atom stereocenters. The third kappa shape index (κ3) is 3.14. The lowest BCUT2D eigenvalue weighted by molar-refractivity contribution is 0.102. The van der Waals surface area contributed by atoms with Crippen LogP contribution in [0, 0.1) is 12.7 Å². The number of hydrogen-bond acceptors (Lipinski definition) is 3. The number of benzene rings is 1. The topological polar surface area (TPSA) is 54.0 Å². The minimum absolute atomic E-state index is 0.157. The molecule has 6 heteroatoms. The summed E-state index contributed by atoms with van der Waals surface area (Å²) in [5.41, 5.74) is 1.84. The van der Waals surface area contributed by atoms with E-state index in [-0.39, 0.29) is 5.56 Å². The highest BCUT2D eigenvalue weighted by molar-refractivity contribution is 9.10. The minimum atomic E-state index is -0.556. The Hall–Kier alpha value is -1.95. The second-order valence-electron chi connectivity index (χ2n) is 4.22. The average molecular weight is 338 g/mol. The van der Waals surface area contributed by atoms with Crippen LogP contribution in [0.1, 0.15) is 15.9 Å². The van der Waals surface area contributed by atoms with E-state index in [2.05, 4.69) is 31.5 Å². The Morgan fingerprint density at radius 2 is 2.10 bits per heavy atom. The molecule has 0 aliphatic carbocycles. The zero-order valence-electron chi connectivity index (χ0n) is 11.0. The number of pyridine rings is 1. The Labute approximate surface area is 124 Å². The van der Waals surface area contributed by atoms with Crippen molar-refractivity contribution < 1.29 is 9.18 Å². The highest BCUT2D eigenvalue weighted by Crippen LogP contribution is 2.22. The van der Waals surface area contributed by atoms with Gasteiger partial charge < -0.3 is 10.6 Å². The number of nitrogens with one attached hydrogen (secondary N) is 2. The number of aryl methyl sites for hydroxylation is 1. The molecule has 0 saturated heterocycles. The summed E-state index contributed by atoms with van der Waals surface area (Å²) in [5, 5.41) is 5.47. The Balaban J connectivity index is 2.27. The molecule has 1 heterocycles. The standard InChI is InChI=1S/C14H13BrFN3O/c1-8-3-4-10(6-12(8)15)19-14(20)11-5-9(16)7-18-13(11)17-2/h3-7H,1-2H3,(H,17,18)(H,19,20). The molecule has 20 heavy (non-hydrogen) atoms. The largest absolute Gasteiger partial charge is 0.372 e. The van der Waals surface area contributed by atoms with Gasteiger partial charge >= 0.3 is 0 Å². The second kappa shape index (κ2) is 6.00. The highest BCUT2D eigenvalue weighted by atomic mass is 79.9. The van der Waals surface area contributed by atoms with Crippen molar-refractivity contribution in [2.75, 3.05) is 17.7 Å². The molecule has 0 atom stereocenters. The van der Waals surface area contributed by atoms with Crippen LogP contribution in [0.4, 0.5) is 15.9 Å². The van der Waals surface area contributed by atoms with Crippen molar-refractivity contribution in [3.8, 4) is 0 Å². The van der Waals surface area contributed by atoms with Crippen LogP contribution in [0.5, 0.6) is 0 Å². The molecule has 2 rings (SSSR count). The Kier molecular flexibility index (Phi) is 4.34. The molecule has 0 spiro atoms. The monoisotopic (exact) mass is 337 g/mol. The summed E-state index contributed by atoms with van der Waals surface area (Å²) >= 11 is 3.40. The fraction of sp³-hybridized carbons (Fsp3) is 0.143. The molecule has 0 aliphatic rings. The van der Waals surface area contributed by atoms with Gasteiger partial charge in [0.2, 0.25) is 0 Å². The molecular weight excluding hydrogens is 325 g/mol.